The fourth-order valence-corrected chi connectivity index (χ4v) is 5.78. The predicted octanol–water partition coefficient (Wildman–Crippen LogP) is 3.90. The van der Waals surface area contributed by atoms with Gasteiger partial charge in [-0.25, -0.2) is 8.42 Å². The molecule has 4 rings (SSSR count). The lowest BCUT2D eigenvalue weighted by atomic mass is 10.1. The Morgan fingerprint density at radius 1 is 0.938 bits per heavy atom. The van der Waals surface area contributed by atoms with Crippen molar-refractivity contribution in [3.05, 3.63) is 53.6 Å². The normalized spacial score (nSPS) is 20.2. The van der Waals surface area contributed by atoms with Gasteiger partial charge in [-0.1, -0.05) is 24.4 Å². The molecule has 2 aliphatic rings. The molecule has 0 spiro atoms. The maximum atomic E-state index is 12.9. The van der Waals surface area contributed by atoms with Gasteiger partial charge in [0, 0.05) is 42.5 Å². The third-order valence-corrected chi connectivity index (χ3v) is 8.12. The number of anilines is 2. The Hall–Kier alpha value is -2.42. The second kappa shape index (κ2) is 9.60. The summed E-state index contributed by atoms with van der Waals surface area (Å²) in [4.78, 5) is 26.9. The van der Waals surface area contributed by atoms with Crippen LogP contribution in [0.3, 0.4) is 0 Å². The van der Waals surface area contributed by atoms with Crippen LogP contribution in [-0.2, 0) is 19.6 Å². The van der Waals surface area contributed by atoms with Gasteiger partial charge in [-0.05, 0) is 61.4 Å². The highest BCUT2D eigenvalue weighted by molar-refractivity contribution is 7.89. The lowest BCUT2D eigenvalue weighted by molar-refractivity contribution is -0.122. The van der Waals surface area contributed by atoms with E-state index in [4.69, 9.17) is 11.6 Å². The van der Waals surface area contributed by atoms with Crippen LogP contribution >= 0.6 is 11.6 Å². The van der Waals surface area contributed by atoms with E-state index in [-0.39, 0.29) is 29.7 Å². The number of halogens is 1. The number of benzene rings is 2. The smallest absolute Gasteiger partial charge is 0.243 e. The van der Waals surface area contributed by atoms with Crippen molar-refractivity contribution >= 4 is 44.8 Å². The molecule has 2 aromatic rings. The molecule has 0 radical (unpaired) electrons. The topological polar surface area (TPSA) is 86.8 Å². The summed E-state index contributed by atoms with van der Waals surface area (Å²) >= 11 is 5.91. The van der Waals surface area contributed by atoms with Crippen molar-refractivity contribution in [2.24, 2.45) is 5.92 Å². The summed E-state index contributed by atoms with van der Waals surface area (Å²) in [6, 6.07) is 13.2. The highest BCUT2D eigenvalue weighted by Gasteiger charge is 2.35. The number of nitrogens with zero attached hydrogens (tertiary/aromatic N) is 2. The molecule has 2 amide bonds. The summed E-state index contributed by atoms with van der Waals surface area (Å²) in [5, 5.41) is 3.39. The third kappa shape index (κ3) is 4.98. The van der Waals surface area contributed by atoms with Crippen LogP contribution in [0, 0.1) is 5.92 Å². The van der Waals surface area contributed by atoms with E-state index in [9.17, 15) is 18.0 Å². The van der Waals surface area contributed by atoms with Crippen molar-refractivity contribution < 1.29 is 18.0 Å². The Balaban J connectivity index is 1.39. The number of nitrogens with one attached hydrogen (secondary N) is 1. The number of sulfonamides is 1. The van der Waals surface area contributed by atoms with E-state index < -0.39 is 15.9 Å². The van der Waals surface area contributed by atoms with Gasteiger partial charge in [0.25, 0.3) is 0 Å². The Kier molecular flexibility index (Phi) is 6.83. The number of rotatable bonds is 5. The van der Waals surface area contributed by atoms with Crippen LogP contribution in [0.1, 0.15) is 32.1 Å². The number of hydrogen-bond donors (Lipinski definition) is 1. The van der Waals surface area contributed by atoms with Crippen LogP contribution in [0.25, 0.3) is 0 Å². The van der Waals surface area contributed by atoms with Crippen LogP contribution in [-0.4, -0.2) is 44.2 Å². The molecule has 170 valence electrons. The average molecular weight is 476 g/mol. The SMILES string of the molecule is O=C(Nc1ccc(S(=O)(=O)N2CCCCCC2)cc1)C1CC(=O)N(c2ccc(Cl)cc2)C1. The fraction of sp³-hybridized carbons (Fsp3) is 0.391. The van der Waals surface area contributed by atoms with Gasteiger partial charge in [0.05, 0.1) is 10.8 Å². The molecular formula is C23H26ClN3O4S. The molecule has 0 bridgehead atoms. The summed E-state index contributed by atoms with van der Waals surface area (Å²) in [5.74, 6) is -0.872. The van der Waals surface area contributed by atoms with Gasteiger partial charge in [-0.15, -0.1) is 0 Å². The number of carbonyl (C=O) groups is 2. The molecule has 0 saturated carbocycles. The Bertz CT molecular complexity index is 1080. The maximum Gasteiger partial charge on any atom is 0.243 e. The van der Waals surface area contributed by atoms with Crippen molar-refractivity contribution in [1.82, 2.24) is 4.31 Å². The molecule has 2 saturated heterocycles. The van der Waals surface area contributed by atoms with Crippen LogP contribution in [0.2, 0.25) is 5.02 Å². The van der Waals surface area contributed by atoms with E-state index in [1.54, 1.807) is 45.6 Å². The van der Waals surface area contributed by atoms with E-state index in [2.05, 4.69) is 5.32 Å². The van der Waals surface area contributed by atoms with Gasteiger partial charge in [-0.3, -0.25) is 9.59 Å². The van der Waals surface area contributed by atoms with Crippen LogP contribution in [0.5, 0.6) is 0 Å². The van der Waals surface area contributed by atoms with Gasteiger partial charge < -0.3 is 10.2 Å². The highest BCUT2D eigenvalue weighted by atomic mass is 35.5. The summed E-state index contributed by atoms with van der Waals surface area (Å²) in [6.45, 7) is 1.37. The lowest BCUT2D eigenvalue weighted by Crippen LogP contribution is -2.32. The van der Waals surface area contributed by atoms with Crippen molar-refractivity contribution in [1.29, 1.82) is 0 Å². The van der Waals surface area contributed by atoms with Gasteiger partial charge in [0.1, 0.15) is 0 Å². The zero-order valence-corrected chi connectivity index (χ0v) is 19.2. The molecule has 0 aliphatic carbocycles. The molecule has 1 atom stereocenters. The zero-order chi connectivity index (χ0) is 22.7. The minimum absolute atomic E-state index is 0.119. The zero-order valence-electron chi connectivity index (χ0n) is 17.7. The number of carbonyl (C=O) groups excluding carboxylic acids is 2. The van der Waals surface area contributed by atoms with Crippen molar-refractivity contribution in [3.63, 3.8) is 0 Å². The quantitative estimate of drug-likeness (QED) is 0.710. The number of hydrogen-bond acceptors (Lipinski definition) is 4. The molecular weight excluding hydrogens is 450 g/mol. The van der Waals surface area contributed by atoms with Crippen molar-refractivity contribution in [3.8, 4) is 0 Å². The van der Waals surface area contributed by atoms with Gasteiger partial charge in [0.2, 0.25) is 21.8 Å². The molecule has 0 aromatic heterocycles. The molecule has 2 aliphatic heterocycles. The van der Waals surface area contributed by atoms with Crippen LogP contribution < -0.4 is 10.2 Å². The monoisotopic (exact) mass is 475 g/mol. The molecule has 32 heavy (non-hydrogen) atoms. The van der Waals surface area contributed by atoms with Crippen LogP contribution in [0.15, 0.2) is 53.4 Å². The van der Waals surface area contributed by atoms with E-state index >= 15 is 0 Å². The Morgan fingerprint density at radius 3 is 2.19 bits per heavy atom. The summed E-state index contributed by atoms with van der Waals surface area (Å²) in [6.07, 6.45) is 3.98. The Labute approximate surface area is 193 Å². The average Bonchev–Trinajstić information content (AvgIpc) is 2.98. The Morgan fingerprint density at radius 2 is 1.56 bits per heavy atom. The number of amides is 2. The largest absolute Gasteiger partial charge is 0.326 e. The van der Waals surface area contributed by atoms with Gasteiger partial charge in [0.15, 0.2) is 0 Å². The van der Waals surface area contributed by atoms with Crippen molar-refractivity contribution in [2.75, 3.05) is 29.9 Å². The maximum absolute atomic E-state index is 12.9. The first-order valence-corrected chi connectivity index (χ1v) is 12.6. The molecule has 2 aromatic carbocycles. The van der Waals surface area contributed by atoms with Crippen molar-refractivity contribution in [2.45, 2.75) is 37.0 Å². The van der Waals surface area contributed by atoms with E-state index in [0.717, 1.165) is 25.7 Å². The first-order chi connectivity index (χ1) is 15.3. The second-order valence-electron chi connectivity index (χ2n) is 8.21. The summed E-state index contributed by atoms with van der Waals surface area (Å²) < 4.78 is 27.3. The second-order valence-corrected chi connectivity index (χ2v) is 10.6. The molecule has 1 unspecified atom stereocenters. The molecule has 7 nitrogen and oxygen atoms in total. The van der Waals surface area contributed by atoms with Gasteiger partial charge >= 0.3 is 0 Å². The summed E-state index contributed by atoms with van der Waals surface area (Å²) in [7, 11) is -3.53. The van der Waals surface area contributed by atoms with Crippen LogP contribution in [0.4, 0.5) is 11.4 Å². The van der Waals surface area contributed by atoms with E-state index in [0.29, 0.717) is 29.5 Å². The standard InChI is InChI=1S/C23H26ClN3O4S/c24-18-5-9-20(10-6-18)27-16-17(15-22(27)28)23(29)25-19-7-11-21(12-8-19)32(30,31)26-13-3-1-2-4-14-26/h5-12,17H,1-4,13-16H2,(H,25,29). The first-order valence-electron chi connectivity index (χ1n) is 10.8. The fourth-order valence-electron chi connectivity index (χ4n) is 4.14. The highest BCUT2D eigenvalue weighted by Crippen LogP contribution is 2.28. The minimum Gasteiger partial charge on any atom is -0.326 e. The van der Waals surface area contributed by atoms with Gasteiger partial charge in [-0.2, -0.15) is 4.31 Å². The minimum atomic E-state index is -3.53. The third-order valence-electron chi connectivity index (χ3n) is 5.96. The predicted molar refractivity (Wildman–Crippen MR) is 124 cm³/mol. The van der Waals surface area contributed by atoms with E-state index in [1.165, 1.54) is 12.1 Å². The lowest BCUT2D eigenvalue weighted by Gasteiger charge is -2.20. The molecule has 2 fully saturated rings. The summed E-state index contributed by atoms with van der Waals surface area (Å²) in [5.41, 5.74) is 1.21. The molecule has 2 heterocycles. The van der Waals surface area contributed by atoms with E-state index in [1.807, 2.05) is 0 Å². The molecule has 9 heteroatoms. The first kappa shape index (κ1) is 22.8. The molecule has 1 N–H and O–H groups in total.